The lowest BCUT2D eigenvalue weighted by Gasteiger charge is -2.37. The van der Waals surface area contributed by atoms with Crippen LogP contribution >= 0.6 is 27.7 Å². The van der Waals surface area contributed by atoms with E-state index in [1.54, 1.807) is 23.9 Å². The molecule has 0 bridgehead atoms. The van der Waals surface area contributed by atoms with Crippen LogP contribution in [0.4, 0.5) is 0 Å². The summed E-state index contributed by atoms with van der Waals surface area (Å²) < 4.78 is 0.867. The van der Waals surface area contributed by atoms with Gasteiger partial charge in [-0.15, -0.1) is 11.8 Å². The number of aromatic hydroxyl groups is 1. The molecule has 5 heteroatoms. The minimum atomic E-state index is -0.0633. The molecule has 0 aromatic heterocycles. The lowest BCUT2D eigenvalue weighted by Crippen LogP contribution is -2.42. The first kappa shape index (κ1) is 15.9. The van der Waals surface area contributed by atoms with Gasteiger partial charge in [0.05, 0.1) is 16.9 Å². The van der Waals surface area contributed by atoms with Gasteiger partial charge >= 0.3 is 0 Å². The minimum absolute atomic E-state index is 0.0582. The molecule has 22 heavy (non-hydrogen) atoms. The highest BCUT2D eigenvalue weighted by molar-refractivity contribution is 9.10. The van der Waals surface area contributed by atoms with Crippen LogP contribution in [0.1, 0.15) is 42.6 Å². The summed E-state index contributed by atoms with van der Waals surface area (Å²) in [5, 5.41) is 10.4. The fraction of sp³-hybridized carbons (Fsp3) is 0.471. The van der Waals surface area contributed by atoms with Crippen LogP contribution in [-0.4, -0.2) is 27.7 Å². The molecule has 0 saturated carbocycles. The van der Waals surface area contributed by atoms with Gasteiger partial charge in [0, 0.05) is 21.6 Å². The van der Waals surface area contributed by atoms with Gasteiger partial charge in [-0.2, -0.15) is 0 Å². The summed E-state index contributed by atoms with van der Waals surface area (Å²) in [5.41, 5.74) is 2.66. The van der Waals surface area contributed by atoms with Crippen LogP contribution in [0.2, 0.25) is 0 Å². The van der Waals surface area contributed by atoms with Crippen LogP contribution in [0.3, 0.4) is 0 Å². The fourth-order valence-corrected chi connectivity index (χ4v) is 5.07. The molecule has 0 spiro atoms. The Morgan fingerprint density at radius 1 is 1.36 bits per heavy atom. The highest BCUT2D eigenvalue weighted by Crippen LogP contribution is 2.46. The summed E-state index contributed by atoms with van der Waals surface area (Å²) in [7, 11) is 0. The molecular weight excluding hydrogens is 362 g/mol. The second-order valence-corrected chi connectivity index (χ2v) is 8.26. The van der Waals surface area contributed by atoms with E-state index in [9.17, 15) is 9.90 Å². The smallest absolute Gasteiger partial charge is 0.172 e. The molecule has 1 N–H and O–H groups in total. The number of benzene rings is 1. The molecule has 1 aromatic rings. The zero-order valence-electron chi connectivity index (χ0n) is 13.0. The Bertz CT molecular complexity index is 671. The number of rotatable bonds is 2. The number of hydrogen-bond acceptors (Lipinski definition) is 4. The number of allylic oxidation sites excluding steroid dienone is 2. The lowest BCUT2D eigenvalue weighted by atomic mass is 9.88. The number of nitrogens with zero attached hydrogens (tertiary/aromatic N) is 1. The van der Waals surface area contributed by atoms with Gasteiger partial charge in [0.15, 0.2) is 5.78 Å². The molecule has 0 radical (unpaired) electrons. The van der Waals surface area contributed by atoms with Crippen molar-refractivity contribution in [3.05, 3.63) is 38.3 Å². The number of halogens is 1. The maximum absolute atomic E-state index is 13.0. The van der Waals surface area contributed by atoms with Gasteiger partial charge in [0.2, 0.25) is 0 Å². The van der Waals surface area contributed by atoms with Crippen LogP contribution in [-0.2, 0) is 0 Å². The molecule has 3 rings (SSSR count). The normalized spacial score (nSPS) is 24.6. The number of piperidine rings is 1. The van der Waals surface area contributed by atoms with E-state index >= 15 is 0 Å². The van der Waals surface area contributed by atoms with Crippen LogP contribution in [0, 0.1) is 12.8 Å². The summed E-state index contributed by atoms with van der Waals surface area (Å²) in [4.78, 5) is 16.7. The van der Waals surface area contributed by atoms with Gasteiger partial charge in [0.1, 0.15) is 5.75 Å². The molecule has 2 heterocycles. The maximum atomic E-state index is 13.0. The van der Waals surface area contributed by atoms with Gasteiger partial charge in [-0.3, -0.25) is 4.79 Å². The number of carbonyl (C=O) groups is 1. The quantitative estimate of drug-likeness (QED) is 0.754. The number of phenols is 1. The van der Waals surface area contributed by atoms with Crippen LogP contribution in [0.25, 0.3) is 0 Å². The zero-order chi connectivity index (χ0) is 16.0. The predicted molar refractivity (Wildman–Crippen MR) is 94.1 cm³/mol. The van der Waals surface area contributed by atoms with Gasteiger partial charge in [0.25, 0.3) is 0 Å². The Kier molecular flexibility index (Phi) is 4.29. The molecule has 2 aliphatic heterocycles. The van der Waals surface area contributed by atoms with Crippen molar-refractivity contribution in [3.63, 3.8) is 0 Å². The number of carbonyl (C=O) groups excluding carboxylic acids is 1. The van der Waals surface area contributed by atoms with Crippen molar-refractivity contribution in [2.75, 3.05) is 6.54 Å². The van der Waals surface area contributed by atoms with Gasteiger partial charge in [-0.1, -0.05) is 15.9 Å². The van der Waals surface area contributed by atoms with Crippen LogP contribution in [0.15, 0.2) is 27.2 Å². The molecule has 2 aliphatic rings. The Morgan fingerprint density at radius 2 is 2.09 bits per heavy atom. The summed E-state index contributed by atoms with van der Waals surface area (Å²) in [6, 6.07) is 3.42. The van der Waals surface area contributed by atoms with E-state index in [-0.39, 0.29) is 22.8 Å². The molecule has 0 amide bonds. The standard InChI is InChI=1S/C17H20BrNO2S/c1-9-7-15(20)13(8-14(9)18)16(21)12-5-4-6-19-10(2)11(3)22-17(12)19/h7-8,12,17,20H,4-6H2,1-3H3. The van der Waals surface area contributed by atoms with Crippen LogP contribution < -0.4 is 0 Å². The average molecular weight is 382 g/mol. The van der Waals surface area contributed by atoms with E-state index in [0.717, 1.165) is 29.4 Å². The first-order valence-corrected chi connectivity index (χ1v) is 9.21. The number of Topliss-reactive ketones (excluding diaryl/α,β-unsaturated/α-hetero) is 1. The monoisotopic (exact) mass is 381 g/mol. The van der Waals surface area contributed by atoms with Gasteiger partial charge in [-0.25, -0.2) is 0 Å². The van der Waals surface area contributed by atoms with E-state index in [4.69, 9.17) is 0 Å². The van der Waals surface area contributed by atoms with Crippen molar-refractivity contribution >= 4 is 33.5 Å². The highest BCUT2D eigenvalue weighted by Gasteiger charge is 2.41. The SMILES string of the molecule is CC1=C(C)N2CCCC(C(=O)c3cc(Br)c(C)cc3O)C2S1. The summed E-state index contributed by atoms with van der Waals surface area (Å²) in [6.45, 7) is 7.19. The highest BCUT2D eigenvalue weighted by atomic mass is 79.9. The zero-order valence-corrected chi connectivity index (χ0v) is 15.4. The molecule has 1 aromatic carbocycles. The third kappa shape index (κ3) is 2.58. The Hall–Kier alpha value is -0.940. The topological polar surface area (TPSA) is 40.5 Å². The molecule has 1 fully saturated rings. The van der Waals surface area contributed by atoms with E-state index in [0.29, 0.717) is 5.56 Å². The summed E-state index contributed by atoms with van der Waals surface area (Å²) >= 11 is 5.25. The van der Waals surface area contributed by atoms with Crippen molar-refractivity contribution in [1.29, 1.82) is 0 Å². The Labute approximate surface area is 143 Å². The average Bonchev–Trinajstić information content (AvgIpc) is 2.77. The van der Waals surface area contributed by atoms with Crippen molar-refractivity contribution in [2.24, 2.45) is 5.92 Å². The fourth-order valence-electron chi connectivity index (χ4n) is 3.27. The molecule has 0 aliphatic carbocycles. The number of thioether (sulfide) groups is 1. The first-order chi connectivity index (χ1) is 10.4. The lowest BCUT2D eigenvalue weighted by molar-refractivity contribution is 0.0825. The number of ketones is 1. The Balaban J connectivity index is 1.91. The second kappa shape index (κ2) is 5.93. The van der Waals surface area contributed by atoms with Gasteiger partial charge in [-0.05, 0) is 51.3 Å². The van der Waals surface area contributed by atoms with Crippen molar-refractivity contribution in [2.45, 2.75) is 39.0 Å². The maximum Gasteiger partial charge on any atom is 0.172 e. The van der Waals surface area contributed by atoms with Gasteiger partial charge < -0.3 is 10.0 Å². The molecule has 2 unspecified atom stereocenters. The van der Waals surface area contributed by atoms with Crippen molar-refractivity contribution < 1.29 is 9.90 Å². The largest absolute Gasteiger partial charge is 0.507 e. The minimum Gasteiger partial charge on any atom is -0.507 e. The van der Waals surface area contributed by atoms with E-state index in [2.05, 4.69) is 34.7 Å². The molecule has 3 nitrogen and oxygen atoms in total. The Morgan fingerprint density at radius 3 is 2.82 bits per heavy atom. The first-order valence-electron chi connectivity index (χ1n) is 7.54. The second-order valence-electron chi connectivity index (χ2n) is 6.07. The molecule has 2 atom stereocenters. The number of hydrogen-bond donors (Lipinski definition) is 1. The number of phenolic OH excluding ortho intramolecular Hbond substituents is 1. The van der Waals surface area contributed by atoms with E-state index in [1.165, 1.54) is 10.6 Å². The molecular formula is C17H20BrNO2S. The summed E-state index contributed by atoms with van der Waals surface area (Å²) in [6.07, 6.45) is 1.91. The molecule has 118 valence electrons. The number of fused-ring (bicyclic) bond motifs is 1. The van der Waals surface area contributed by atoms with E-state index < -0.39 is 0 Å². The van der Waals surface area contributed by atoms with Crippen molar-refractivity contribution in [1.82, 2.24) is 4.90 Å². The molecule has 1 saturated heterocycles. The van der Waals surface area contributed by atoms with Crippen LogP contribution in [0.5, 0.6) is 5.75 Å². The third-order valence-electron chi connectivity index (χ3n) is 4.68. The summed E-state index contributed by atoms with van der Waals surface area (Å²) in [5.74, 6) is 0.0850. The van der Waals surface area contributed by atoms with E-state index in [1.807, 2.05) is 6.92 Å². The predicted octanol–water partition coefficient (Wildman–Crippen LogP) is 4.68. The third-order valence-corrected chi connectivity index (χ3v) is 7.01. The number of aryl methyl sites for hydroxylation is 1. The van der Waals surface area contributed by atoms with Crippen molar-refractivity contribution in [3.8, 4) is 5.75 Å².